The molecule has 122 valence electrons. The summed E-state index contributed by atoms with van der Waals surface area (Å²) in [7, 11) is 0. The summed E-state index contributed by atoms with van der Waals surface area (Å²) in [6, 6.07) is 7.33. The molecule has 1 aromatic carbocycles. The van der Waals surface area contributed by atoms with Gasteiger partial charge in [-0.25, -0.2) is 0 Å². The molecule has 2 aliphatic carbocycles. The number of hydrogen-bond acceptors (Lipinski definition) is 4. The summed E-state index contributed by atoms with van der Waals surface area (Å²) in [5.41, 5.74) is 0.773. The van der Waals surface area contributed by atoms with Crippen LogP contribution in [-0.2, 0) is 9.59 Å². The molecule has 1 saturated heterocycles. The molecule has 1 aromatic rings. The van der Waals surface area contributed by atoms with E-state index in [4.69, 9.17) is 4.74 Å². The Morgan fingerprint density at radius 3 is 2.58 bits per heavy atom. The van der Waals surface area contributed by atoms with E-state index in [2.05, 4.69) is 23.8 Å². The number of rotatable bonds is 5. The molecule has 1 heterocycles. The van der Waals surface area contributed by atoms with Gasteiger partial charge in [-0.05, 0) is 36.0 Å². The van der Waals surface area contributed by atoms with Crippen LogP contribution in [0.15, 0.2) is 54.2 Å². The van der Waals surface area contributed by atoms with Gasteiger partial charge >= 0.3 is 0 Å². The summed E-state index contributed by atoms with van der Waals surface area (Å²) in [5.74, 6) is 0.324. The van der Waals surface area contributed by atoms with Crippen LogP contribution in [0.2, 0.25) is 0 Å². The summed E-state index contributed by atoms with van der Waals surface area (Å²) in [6.45, 7) is 4.03. The average Bonchev–Trinajstić information content (AvgIpc) is 3.26. The Labute approximate surface area is 140 Å². The minimum Gasteiger partial charge on any atom is -0.490 e. The Balaban J connectivity index is 1.52. The highest BCUT2D eigenvalue weighted by Crippen LogP contribution is 2.52. The van der Waals surface area contributed by atoms with E-state index < -0.39 is 0 Å². The zero-order valence-corrected chi connectivity index (χ0v) is 13.2. The SMILES string of the molecule is C=CCOc1cccc(C=NN2C(=O)[C@@H]3[C@H](C2=O)[C@H]2C=C[C@H]3C2)c1. The highest BCUT2D eigenvalue weighted by molar-refractivity contribution is 6.06. The molecule has 0 N–H and O–H groups in total. The molecule has 0 radical (unpaired) electrons. The first-order valence-corrected chi connectivity index (χ1v) is 8.13. The third kappa shape index (κ3) is 2.28. The van der Waals surface area contributed by atoms with Crippen LogP contribution in [-0.4, -0.2) is 29.6 Å². The lowest BCUT2D eigenvalue weighted by molar-refractivity contribution is -0.140. The summed E-state index contributed by atoms with van der Waals surface area (Å²) in [4.78, 5) is 25.1. The fraction of sp³-hybridized carbons (Fsp3) is 0.316. The molecule has 0 spiro atoms. The van der Waals surface area contributed by atoms with Crippen molar-refractivity contribution in [2.75, 3.05) is 6.61 Å². The zero-order valence-electron chi connectivity index (χ0n) is 13.2. The van der Waals surface area contributed by atoms with Gasteiger partial charge in [-0.15, -0.1) is 0 Å². The topological polar surface area (TPSA) is 59.0 Å². The number of hydrogen-bond donors (Lipinski definition) is 0. The molecule has 2 bridgehead atoms. The summed E-state index contributed by atoms with van der Waals surface area (Å²) in [5, 5.41) is 5.22. The van der Waals surface area contributed by atoms with Crippen molar-refractivity contribution < 1.29 is 14.3 Å². The average molecular weight is 322 g/mol. The van der Waals surface area contributed by atoms with Gasteiger partial charge in [0.1, 0.15) is 12.4 Å². The lowest BCUT2D eigenvalue weighted by Crippen LogP contribution is -2.28. The van der Waals surface area contributed by atoms with Gasteiger partial charge in [0.05, 0.1) is 18.1 Å². The molecule has 0 aromatic heterocycles. The van der Waals surface area contributed by atoms with Crippen molar-refractivity contribution in [2.24, 2.45) is 28.8 Å². The molecule has 4 rings (SSSR count). The molecule has 24 heavy (non-hydrogen) atoms. The standard InChI is InChI=1S/C19H18N2O3/c1-2-8-24-15-5-3-4-12(9-15)11-20-21-18(22)16-13-6-7-14(10-13)17(16)19(21)23/h2-7,9,11,13-14,16-17H,1,8,10H2/t13-,14-,16-,17+/m0/s1. The van der Waals surface area contributed by atoms with E-state index in [1.807, 2.05) is 24.3 Å². The second-order valence-corrected chi connectivity index (χ2v) is 6.40. The molecule has 1 saturated carbocycles. The lowest BCUT2D eigenvalue weighted by atomic mass is 9.85. The third-order valence-corrected chi connectivity index (χ3v) is 5.00. The van der Waals surface area contributed by atoms with Crippen LogP contribution >= 0.6 is 0 Å². The molecule has 5 heteroatoms. The normalized spacial score (nSPS) is 30.4. The maximum Gasteiger partial charge on any atom is 0.254 e. The van der Waals surface area contributed by atoms with Crippen LogP contribution < -0.4 is 4.74 Å². The number of fused-ring (bicyclic) bond motifs is 5. The van der Waals surface area contributed by atoms with Gasteiger partial charge in [0, 0.05) is 0 Å². The van der Waals surface area contributed by atoms with Crippen molar-refractivity contribution in [3.05, 3.63) is 54.6 Å². The number of amides is 2. The van der Waals surface area contributed by atoms with Crippen molar-refractivity contribution in [1.29, 1.82) is 0 Å². The Kier molecular flexibility index (Phi) is 3.56. The number of nitrogens with zero attached hydrogens (tertiary/aromatic N) is 2. The van der Waals surface area contributed by atoms with Crippen molar-refractivity contribution in [2.45, 2.75) is 6.42 Å². The van der Waals surface area contributed by atoms with Crippen molar-refractivity contribution in [1.82, 2.24) is 5.01 Å². The Morgan fingerprint density at radius 2 is 1.92 bits per heavy atom. The van der Waals surface area contributed by atoms with E-state index in [0.717, 1.165) is 17.0 Å². The van der Waals surface area contributed by atoms with E-state index in [1.54, 1.807) is 6.08 Å². The smallest absolute Gasteiger partial charge is 0.254 e. The maximum atomic E-state index is 12.5. The number of hydrazone groups is 1. The predicted molar refractivity (Wildman–Crippen MR) is 89.3 cm³/mol. The summed E-state index contributed by atoms with van der Waals surface area (Å²) in [6.07, 6.45) is 8.28. The molecule has 2 amide bonds. The van der Waals surface area contributed by atoms with Crippen molar-refractivity contribution >= 4 is 18.0 Å². The molecule has 2 fully saturated rings. The summed E-state index contributed by atoms with van der Waals surface area (Å²) >= 11 is 0. The van der Waals surface area contributed by atoms with Crippen LogP contribution in [0.5, 0.6) is 5.75 Å². The number of allylic oxidation sites excluding steroid dienone is 2. The number of carbonyl (C=O) groups is 2. The van der Waals surface area contributed by atoms with Crippen LogP contribution in [0.25, 0.3) is 0 Å². The molecule has 4 atom stereocenters. The number of ether oxygens (including phenoxy) is 1. The highest BCUT2D eigenvalue weighted by atomic mass is 16.5. The molecular formula is C19H18N2O3. The van der Waals surface area contributed by atoms with Gasteiger partial charge in [0.2, 0.25) is 0 Å². The van der Waals surface area contributed by atoms with E-state index in [0.29, 0.717) is 12.4 Å². The first kappa shape index (κ1) is 14.9. The fourth-order valence-electron chi connectivity index (χ4n) is 3.96. The van der Waals surface area contributed by atoms with Crippen molar-refractivity contribution in [3.63, 3.8) is 0 Å². The first-order chi connectivity index (χ1) is 11.7. The van der Waals surface area contributed by atoms with Gasteiger partial charge in [0.25, 0.3) is 11.8 Å². The molecule has 5 nitrogen and oxygen atoms in total. The van der Waals surface area contributed by atoms with Gasteiger partial charge in [0.15, 0.2) is 0 Å². The van der Waals surface area contributed by atoms with Gasteiger partial charge in [-0.1, -0.05) is 36.9 Å². The quantitative estimate of drug-likeness (QED) is 0.475. The van der Waals surface area contributed by atoms with E-state index in [-0.39, 0.29) is 35.5 Å². The molecule has 1 aliphatic heterocycles. The fourth-order valence-corrected chi connectivity index (χ4v) is 3.96. The first-order valence-electron chi connectivity index (χ1n) is 8.13. The van der Waals surface area contributed by atoms with Crippen LogP contribution in [0.1, 0.15) is 12.0 Å². The molecule has 3 aliphatic rings. The Morgan fingerprint density at radius 1 is 1.21 bits per heavy atom. The molecule has 0 unspecified atom stereocenters. The minimum atomic E-state index is -0.216. The van der Waals surface area contributed by atoms with E-state index in [9.17, 15) is 9.59 Å². The number of imide groups is 1. The van der Waals surface area contributed by atoms with E-state index in [1.165, 1.54) is 6.21 Å². The van der Waals surface area contributed by atoms with Crippen molar-refractivity contribution in [3.8, 4) is 5.75 Å². The van der Waals surface area contributed by atoms with Gasteiger partial charge in [-0.2, -0.15) is 10.1 Å². The summed E-state index contributed by atoms with van der Waals surface area (Å²) < 4.78 is 5.47. The Bertz CT molecular complexity index is 738. The van der Waals surface area contributed by atoms with Crippen LogP contribution in [0.3, 0.4) is 0 Å². The highest BCUT2D eigenvalue weighted by Gasteiger charge is 2.59. The van der Waals surface area contributed by atoms with Gasteiger partial charge < -0.3 is 4.74 Å². The number of carbonyl (C=O) groups excluding carboxylic acids is 2. The Hall–Kier alpha value is -2.69. The second kappa shape index (κ2) is 5.74. The zero-order chi connectivity index (χ0) is 16.7. The lowest BCUT2D eigenvalue weighted by Gasteiger charge is -2.13. The largest absolute Gasteiger partial charge is 0.490 e. The van der Waals surface area contributed by atoms with E-state index >= 15 is 0 Å². The van der Waals surface area contributed by atoms with Gasteiger partial charge in [-0.3, -0.25) is 9.59 Å². The van der Waals surface area contributed by atoms with Crippen LogP contribution in [0.4, 0.5) is 0 Å². The predicted octanol–water partition coefficient (Wildman–Crippen LogP) is 2.39. The monoisotopic (exact) mass is 322 g/mol. The van der Waals surface area contributed by atoms with Crippen LogP contribution in [0, 0.1) is 23.7 Å². The third-order valence-electron chi connectivity index (χ3n) is 5.00. The second-order valence-electron chi connectivity index (χ2n) is 6.40. The maximum absolute atomic E-state index is 12.5. The number of benzene rings is 1. The molecular weight excluding hydrogens is 304 g/mol. The minimum absolute atomic E-state index is 0.169.